The summed E-state index contributed by atoms with van der Waals surface area (Å²) >= 11 is 6.20. The summed E-state index contributed by atoms with van der Waals surface area (Å²) in [5.41, 5.74) is 3.96. The van der Waals surface area contributed by atoms with Gasteiger partial charge in [0.15, 0.2) is 0 Å². The minimum atomic E-state index is -0.640. The third-order valence-corrected chi connectivity index (χ3v) is 3.69. The largest absolute Gasteiger partial charge is 0.496 e. The fourth-order valence-electron chi connectivity index (χ4n) is 2.29. The number of aliphatic hydroxyl groups excluding tert-OH is 1. The van der Waals surface area contributed by atoms with E-state index in [1.54, 1.807) is 7.11 Å². The molecule has 0 aliphatic heterocycles. The molecule has 0 aromatic heterocycles. The summed E-state index contributed by atoms with van der Waals surface area (Å²) in [4.78, 5) is 0. The van der Waals surface area contributed by atoms with Gasteiger partial charge in [0.1, 0.15) is 5.75 Å². The van der Waals surface area contributed by atoms with E-state index in [1.165, 1.54) is 0 Å². The average molecular weight is 291 g/mol. The third kappa shape index (κ3) is 3.33. The van der Waals surface area contributed by atoms with Crippen molar-refractivity contribution in [2.75, 3.05) is 7.11 Å². The van der Waals surface area contributed by atoms with Gasteiger partial charge in [-0.3, -0.25) is 0 Å². The highest BCUT2D eigenvalue weighted by Crippen LogP contribution is 2.30. The predicted molar refractivity (Wildman–Crippen MR) is 82.6 cm³/mol. The van der Waals surface area contributed by atoms with E-state index >= 15 is 0 Å². The van der Waals surface area contributed by atoms with Gasteiger partial charge in [0.05, 0.1) is 13.2 Å². The van der Waals surface area contributed by atoms with Crippen LogP contribution in [-0.4, -0.2) is 12.2 Å². The number of hydrogen-bond acceptors (Lipinski definition) is 2. The molecule has 1 unspecified atom stereocenters. The standard InChI is InChI=1S/C17H19ClO2/c1-11-5-7-17(20-3)13(8-11)10-16(19)14-6-4-12(2)9-15(14)18/h4-9,16,19H,10H2,1-3H3. The maximum atomic E-state index is 10.4. The van der Waals surface area contributed by atoms with Crippen molar-refractivity contribution in [3.8, 4) is 5.75 Å². The molecule has 20 heavy (non-hydrogen) atoms. The van der Waals surface area contributed by atoms with Crippen LogP contribution in [0.25, 0.3) is 0 Å². The van der Waals surface area contributed by atoms with E-state index in [1.807, 2.05) is 50.2 Å². The second kappa shape index (κ2) is 6.29. The summed E-state index contributed by atoms with van der Waals surface area (Å²) in [6.07, 6.45) is -0.160. The number of benzene rings is 2. The molecule has 2 nitrogen and oxygen atoms in total. The Hall–Kier alpha value is -1.51. The first-order valence-corrected chi connectivity index (χ1v) is 6.96. The minimum absolute atomic E-state index is 0.480. The topological polar surface area (TPSA) is 29.5 Å². The molecule has 0 saturated carbocycles. The zero-order valence-electron chi connectivity index (χ0n) is 12.0. The lowest BCUT2D eigenvalue weighted by Crippen LogP contribution is -2.04. The highest BCUT2D eigenvalue weighted by atomic mass is 35.5. The summed E-state index contributed by atoms with van der Waals surface area (Å²) in [7, 11) is 1.64. The van der Waals surface area contributed by atoms with Gasteiger partial charge in [-0.1, -0.05) is 41.4 Å². The number of rotatable bonds is 4. The van der Waals surface area contributed by atoms with Crippen molar-refractivity contribution in [2.24, 2.45) is 0 Å². The molecule has 2 aromatic carbocycles. The molecule has 0 amide bonds. The van der Waals surface area contributed by atoms with Crippen LogP contribution in [0, 0.1) is 13.8 Å². The van der Waals surface area contributed by atoms with Crippen LogP contribution in [-0.2, 0) is 6.42 Å². The maximum Gasteiger partial charge on any atom is 0.122 e. The van der Waals surface area contributed by atoms with Gasteiger partial charge in [0.2, 0.25) is 0 Å². The number of aliphatic hydroxyl groups is 1. The second-order valence-corrected chi connectivity index (χ2v) is 5.47. The zero-order chi connectivity index (χ0) is 14.7. The molecular formula is C17H19ClO2. The second-order valence-electron chi connectivity index (χ2n) is 5.06. The van der Waals surface area contributed by atoms with Gasteiger partial charge in [0, 0.05) is 11.4 Å². The first-order chi connectivity index (χ1) is 9.51. The third-order valence-electron chi connectivity index (χ3n) is 3.36. The molecule has 1 N–H and O–H groups in total. The summed E-state index contributed by atoms with van der Waals surface area (Å²) in [5.74, 6) is 0.790. The normalized spacial score (nSPS) is 12.2. The average Bonchev–Trinajstić information content (AvgIpc) is 2.38. The molecule has 0 spiro atoms. The van der Waals surface area contributed by atoms with E-state index < -0.39 is 6.10 Å². The van der Waals surface area contributed by atoms with Crippen molar-refractivity contribution in [3.63, 3.8) is 0 Å². The van der Waals surface area contributed by atoms with E-state index in [2.05, 4.69) is 0 Å². The molecular weight excluding hydrogens is 272 g/mol. The smallest absolute Gasteiger partial charge is 0.122 e. The Morgan fingerprint density at radius 2 is 1.75 bits per heavy atom. The Bertz CT molecular complexity index is 608. The highest BCUT2D eigenvalue weighted by molar-refractivity contribution is 6.31. The molecule has 0 aliphatic rings. The molecule has 3 heteroatoms. The number of hydrogen-bond donors (Lipinski definition) is 1. The highest BCUT2D eigenvalue weighted by Gasteiger charge is 2.15. The molecule has 2 rings (SSSR count). The van der Waals surface area contributed by atoms with Gasteiger partial charge >= 0.3 is 0 Å². The van der Waals surface area contributed by atoms with Crippen LogP contribution in [0.3, 0.4) is 0 Å². The first-order valence-electron chi connectivity index (χ1n) is 6.59. The van der Waals surface area contributed by atoms with Crippen molar-refractivity contribution < 1.29 is 9.84 Å². The van der Waals surface area contributed by atoms with Crippen molar-refractivity contribution in [1.29, 1.82) is 0 Å². The van der Waals surface area contributed by atoms with Crippen molar-refractivity contribution >= 4 is 11.6 Å². The summed E-state index contributed by atoms with van der Waals surface area (Å²) < 4.78 is 5.34. The molecule has 0 bridgehead atoms. The van der Waals surface area contributed by atoms with Crippen LogP contribution in [0.5, 0.6) is 5.75 Å². The molecule has 2 aromatic rings. The number of ether oxygens (including phenoxy) is 1. The summed E-state index contributed by atoms with van der Waals surface area (Å²) in [6.45, 7) is 4.00. The van der Waals surface area contributed by atoms with Crippen LogP contribution in [0.15, 0.2) is 36.4 Å². The van der Waals surface area contributed by atoms with E-state index in [0.717, 1.165) is 28.0 Å². The molecule has 0 radical (unpaired) electrons. The number of methoxy groups -OCH3 is 1. The summed E-state index contributed by atoms with van der Waals surface area (Å²) in [5, 5.41) is 11.0. The first kappa shape index (κ1) is 14.9. The molecule has 0 fully saturated rings. The van der Waals surface area contributed by atoms with E-state index in [-0.39, 0.29) is 0 Å². The van der Waals surface area contributed by atoms with Gasteiger partial charge < -0.3 is 9.84 Å². The quantitative estimate of drug-likeness (QED) is 0.912. The molecule has 0 heterocycles. The van der Waals surface area contributed by atoms with Gasteiger partial charge in [-0.05, 0) is 42.7 Å². The maximum absolute atomic E-state index is 10.4. The van der Waals surface area contributed by atoms with Crippen molar-refractivity contribution in [1.82, 2.24) is 0 Å². The minimum Gasteiger partial charge on any atom is -0.496 e. The Labute approximate surface area is 125 Å². The Balaban J connectivity index is 2.27. The van der Waals surface area contributed by atoms with E-state index in [9.17, 15) is 5.11 Å². The van der Waals surface area contributed by atoms with Crippen LogP contribution in [0.4, 0.5) is 0 Å². The number of aryl methyl sites for hydroxylation is 2. The van der Waals surface area contributed by atoms with Gasteiger partial charge in [-0.2, -0.15) is 0 Å². The van der Waals surface area contributed by atoms with Crippen LogP contribution in [0.2, 0.25) is 5.02 Å². The lowest BCUT2D eigenvalue weighted by molar-refractivity contribution is 0.177. The fraction of sp³-hybridized carbons (Fsp3) is 0.294. The molecule has 1 atom stereocenters. The Morgan fingerprint density at radius 1 is 1.10 bits per heavy atom. The van der Waals surface area contributed by atoms with Crippen molar-refractivity contribution in [2.45, 2.75) is 26.4 Å². The lowest BCUT2D eigenvalue weighted by Gasteiger charge is -2.16. The lowest BCUT2D eigenvalue weighted by atomic mass is 9.98. The Kier molecular flexibility index (Phi) is 4.69. The van der Waals surface area contributed by atoms with Gasteiger partial charge in [-0.25, -0.2) is 0 Å². The van der Waals surface area contributed by atoms with E-state index in [4.69, 9.17) is 16.3 Å². The van der Waals surface area contributed by atoms with Crippen LogP contribution < -0.4 is 4.74 Å². The molecule has 0 aliphatic carbocycles. The van der Waals surface area contributed by atoms with Crippen LogP contribution >= 0.6 is 11.6 Å². The SMILES string of the molecule is COc1ccc(C)cc1CC(O)c1ccc(C)cc1Cl. The van der Waals surface area contributed by atoms with Gasteiger partial charge in [-0.15, -0.1) is 0 Å². The van der Waals surface area contributed by atoms with Gasteiger partial charge in [0.25, 0.3) is 0 Å². The van der Waals surface area contributed by atoms with E-state index in [0.29, 0.717) is 11.4 Å². The zero-order valence-corrected chi connectivity index (χ0v) is 12.7. The van der Waals surface area contributed by atoms with Crippen molar-refractivity contribution in [3.05, 3.63) is 63.7 Å². The molecule has 0 saturated heterocycles. The Morgan fingerprint density at radius 3 is 2.40 bits per heavy atom. The van der Waals surface area contributed by atoms with Crippen LogP contribution in [0.1, 0.15) is 28.4 Å². The number of halogens is 1. The summed E-state index contributed by atoms with van der Waals surface area (Å²) in [6, 6.07) is 11.7. The fourth-order valence-corrected chi connectivity index (χ4v) is 2.65. The molecule has 106 valence electrons. The monoisotopic (exact) mass is 290 g/mol. The predicted octanol–water partition coefficient (Wildman–Crippen LogP) is 4.24.